The van der Waals surface area contributed by atoms with Crippen molar-refractivity contribution in [2.24, 2.45) is 5.41 Å². The Balaban J connectivity index is 2.06. The van der Waals surface area contributed by atoms with Gasteiger partial charge in [0.1, 0.15) is 5.82 Å². The number of hydrogen-bond acceptors (Lipinski definition) is 3. The number of alkyl halides is 1. The summed E-state index contributed by atoms with van der Waals surface area (Å²) in [5.41, 5.74) is 0.166. The van der Waals surface area contributed by atoms with Crippen LogP contribution in [0.5, 0.6) is 0 Å². The molecule has 0 aliphatic heterocycles. The summed E-state index contributed by atoms with van der Waals surface area (Å²) in [5, 5.41) is 1.04. The molecule has 19 heavy (non-hydrogen) atoms. The van der Waals surface area contributed by atoms with E-state index in [9.17, 15) is 8.42 Å². The zero-order valence-corrected chi connectivity index (χ0v) is 13.7. The number of hydrogen-bond donors (Lipinski definition) is 1. The third-order valence-corrected chi connectivity index (χ3v) is 5.46. The highest BCUT2D eigenvalue weighted by Gasteiger charge is 2.42. The van der Waals surface area contributed by atoms with Gasteiger partial charge in [0.15, 0.2) is 5.03 Å². The molecule has 1 aromatic heterocycles. The summed E-state index contributed by atoms with van der Waals surface area (Å²) in [6.45, 7) is 5.02. The molecule has 1 aliphatic rings. The summed E-state index contributed by atoms with van der Waals surface area (Å²) >= 11 is 3.42. The van der Waals surface area contributed by atoms with Crippen LogP contribution >= 0.6 is 15.9 Å². The highest BCUT2D eigenvalue weighted by Crippen LogP contribution is 2.48. The zero-order chi connectivity index (χ0) is 14.1. The van der Waals surface area contributed by atoms with Gasteiger partial charge in [0.25, 0.3) is 10.0 Å². The van der Waals surface area contributed by atoms with Gasteiger partial charge >= 0.3 is 0 Å². The van der Waals surface area contributed by atoms with E-state index in [0.717, 1.165) is 37.0 Å². The van der Waals surface area contributed by atoms with Crippen LogP contribution in [0.25, 0.3) is 0 Å². The maximum absolute atomic E-state index is 12.2. The largest absolute Gasteiger partial charge is 0.334 e. The monoisotopic (exact) mass is 349 g/mol. The Morgan fingerprint density at radius 2 is 2.21 bits per heavy atom. The molecule has 1 heterocycles. The van der Waals surface area contributed by atoms with E-state index in [2.05, 4.69) is 25.6 Å². The minimum atomic E-state index is -3.48. The highest BCUT2D eigenvalue weighted by molar-refractivity contribution is 9.09. The van der Waals surface area contributed by atoms with E-state index in [1.807, 2.05) is 18.4 Å². The Kier molecular flexibility index (Phi) is 4.37. The van der Waals surface area contributed by atoms with Crippen molar-refractivity contribution in [2.45, 2.75) is 44.7 Å². The van der Waals surface area contributed by atoms with Crippen LogP contribution in [-0.4, -0.2) is 29.8 Å². The Morgan fingerprint density at radius 1 is 1.53 bits per heavy atom. The molecule has 0 unspecified atom stereocenters. The third kappa shape index (κ3) is 3.38. The van der Waals surface area contributed by atoms with Gasteiger partial charge in [-0.15, -0.1) is 0 Å². The van der Waals surface area contributed by atoms with Crippen LogP contribution in [0, 0.1) is 12.3 Å². The van der Waals surface area contributed by atoms with E-state index < -0.39 is 10.0 Å². The van der Waals surface area contributed by atoms with Gasteiger partial charge in [-0.1, -0.05) is 15.9 Å². The molecule has 0 saturated heterocycles. The number of halogens is 1. The predicted octanol–water partition coefficient (Wildman–Crippen LogP) is 2.05. The van der Waals surface area contributed by atoms with Crippen molar-refractivity contribution < 1.29 is 8.42 Å². The minimum absolute atomic E-state index is 0.126. The molecule has 1 aromatic rings. The maximum Gasteiger partial charge on any atom is 0.259 e. The quantitative estimate of drug-likeness (QED) is 0.766. The average molecular weight is 350 g/mol. The smallest absolute Gasteiger partial charge is 0.259 e. The summed E-state index contributed by atoms with van der Waals surface area (Å²) in [5.74, 6) is 0.726. The van der Waals surface area contributed by atoms with Crippen molar-refractivity contribution in [3.63, 3.8) is 0 Å². The van der Waals surface area contributed by atoms with Crippen molar-refractivity contribution in [3.8, 4) is 0 Å². The lowest BCUT2D eigenvalue weighted by atomic mass is 10.1. The van der Waals surface area contributed by atoms with Crippen LogP contribution in [0.3, 0.4) is 0 Å². The van der Waals surface area contributed by atoms with Crippen LogP contribution in [0.15, 0.2) is 11.2 Å². The van der Waals surface area contributed by atoms with Crippen molar-refractivity contribution in [3.05, 3.63) is 12.0 Å². The molecule has 0 aromatic carbocycles. The van der Waals surface area contributed by atoms with Crippen LogP contribution in [0.2, 0.25) is 0 Å². The van der Waals surface area contributed by atoms with Gasteiger partial charge < -0.3 is 4.57 Å². The first-order valence-corrected chi connectivity index (χ1v) is 9.12. The fraction of sp³-hybridized carbons (Fsp3) is 0.750. The summed E-state index contributed by atoms with van der Waals surface area (Å²) < 4.78 is 28.9. The standard InChI is InChI=1S/C12H20BrN3O2S/c1-3-16-8-11(15-10(16)2)19(17,18)14-9-12(4-5-12)6-7-13/h8,14H,3-7,9H2,1-2H3. The van der Waals surface area contributed by atoms with Gasteiger partial charge in [0.2, 0.25) is 0 Å². The summed E-state index contributed by atoms with van der Waals surface area (Å²) in [4.78, 5) is 4.12. The van der Waals surface area contributed by atoms with Crippen molar-refractivity contribution >= 4 is 26.0 Å². The SMILES string of the molecule is CCn1cc(S(=O)(=O)NCC2(CCBr)CC2)nc1C. The van der Waals surface area contributed by atoms with E-state index in [-0.39, 0.29) is 10.4 Å². The molecule has 2 rings (SSSR count). The predicted molar refractivity (Wildman–Crippen MR) is 77.9 cm³/mol. The molecule has 1 saturated carbocycles. The number of aryl methyl sites for hydroxylation is 2. The van der Waals surface area contributed by atoms with Crippen molar-refractivity contribution in [2.75, 3.05) is 11.9 Å². The number of rotatable bonds is 7. The Hall–Kier alpha value is -0.400. The normalized spacial score (nSPS) is 17.6. The van der Waals surface area contributed by atoms with Gasteiger partial charge in [-0.05, 0) is 38.5 Å². The lowest BCUT2D eigenvalue weighted by molar-refractivity contribution is 0.479. The van der Waals surface area contributed by atoms with Crippen LogP contribution in [-0.2, 0) is 16.6 Å². The average Bonchev–Trinajstić information content (AvgIpc) is 3.02. The van der Waals surface area contributed by atoms with Gasteiger partial charge in [-0.3, -0.25) is 0 Å². The van der Waals surface area contributed by atoms with Crippen LogP contribution in [0.1, 0.15) is 32.0 Å². The Labute approximate surface area is 123 Å². The lowest BCUT2D eigenvalue weighted by Crippen LogP contribution is -2.30. The Bertz CT molecular complexity index is 549. The van der Waals surface area contributed by atoms with Gasteiger partial charge in [0, 0.05) is 24.6 Å². The zero-order valence-electron chi connectivity index (χ0n) is 11.3. The molecular formula is C12H20BrN3O2S. The Morgan fingerprint density at radius 3 is 2.68 bits per heavy atom. The number of sulfonamides is 1. The van der Waals surface area contributed by atoms with Crippen LogP contribution < -0.4 is 4.72 Å². The highest BCUT2D eigenvalue weighted by atomic mass is 79.9. The first-order chi connectivity index (χ1) is 8.92. The van der Waals surface area contributed by atoms with E-state index in [0.29, 0.717) is 6.54 Å². The number of nitrogens with one attached hydrogen (secondary N) is 1. The third-order valence-electron chi connectivity index (χ3n) is 3.79. The second kappa shape index (κ2) is 5.54. The fourth-order valence-corrected chi connectivity index (χ4v) is 4.15. The molecule has 0 bridgehead atoms. The van der Waals surface area contributed by atoms with E-state index in [4.69, 9.17) is 0 Å². The minimum Gasteiger partial charge on any atom is -0.334 e. The van der Waals surface area contributed by atoms with E-state index in [1.165, 1.54) is 0 Å². The first kappa shape index (κ1) is 15.0. The topological polar surface area (TPSA) is 64.0 Å². The molecule has 108 valence electrons. The second-order valence-electron chi connectivity index (χ2n) is 5.18. The molecule has 1 fully saturated rings. The van der Waals surface area contributed by atoms with E-state index in [1.54, 1.807) is 6.20 Å². The molecule has 7 heteroatoms. The van der Waals surface area contributed by atoms with Gasteiger partial charge in [-0.2, -0.15) is 0 Å². The summed E-state index contributed by atoms with van der Waals surface area (Å²) in [6.07, 6.45) is 4.81. The number of imidazole rings is 1. The molecule has 1 aliphatic carbocycles. The molecule has 5 nitrogen and oxygen atoms in total. The van der Waals surface area contributed by atoms with Crippen molar-refractivity contribution in [1.29, 1.82) is 0 Å². The second-order valence-corrected chi connectivity index (χ2v) is 7.68. The molecule has 1 N–H and O–H groups in total. The van der Waals surface area contributed by atoms with Crippen LogP contribution in [0.4, 0.5) is 0 Å². The van der Waals surface area contributed by atoms with Crippen molar-refractivity contribution in [1.82, 2.24) is 14.3 Å². The summed E-state index contributed by atoms with van der Waals surface area (Å²) in [6, 6.07) is 0. The first-order valence-electron chi connectivity index (χ1n) is 6.52. The molecule has 0 amide bonds. The molecule has 0 atom stereocenters. The van der Waals surface area contributed by atoms with E-state index >= 15 is 0 Å². The lowest BCUT2D eigenvalue weighted by Gasteiger charge is -2.13. The van der Waals surface area contributed by atoms with Gasteiger partial charge in [-0.25, -0.2) is 18.1 Å². The van der Waals surface area contributed by atoms with Gasteiger partial charge in [0.05, 0.1) is 0 Å². The summed E-state index contributed by atoms with van der Waals surface area (Å²) in [7, 11) is -3.48. The maximum atomic E-state index is 12.2. The molecule has 0 spiro atoms. The fourth-order valence-electron chi connectivity index (χ4n) is 2.14. The molecule has 0 radical (unpaired) electrons. The number of nitrogens with zero attached hydrogens (tertiary/aromatic N) is 2. The molecular weight excluding hydrogens is 330 g/mol. The number of aromatic nitrogens is 2.